The van der Waals surface area contributed by atoms with Gasteiger partial charge in [-0.25, -0.2) is 0 Å². The summed E-state index contributed by atoms with van der Waals surface area (Å²) in [5.74, 6) is 0.0853. The fourth-order valence-electron chi connectivity index (χ4n) is 3.69. The number of rotatable bonds is 7. The van der Waals surface area contributed by atoms with Crippen LogP contribution in [0, 0.1) is 0 Å². The number of amides is 2. The molecule has 0 unspecified atom stereocenters. The number of carbonyl (C=O) groups is 2. The van der Waals surface area contributed by atoms with E-state index in [0.717, 1.165) is 12.0 Å². The van der Waals surface area contributed by atoms with E-state index in [1.807, 2.05) is 48.5 Å². The molecule has 2 amide bonds. The molecule has 4 rings (SSSR count). The highest BCUT2D eigenvalue weighted by Crippen LogP contribution is 2.22. The molecule has 3 aromatic rings. The van der Waals surface area contributed by atoms with Gasteiger partial charge in [-0.1, -0.05) is 78.9 Å². The molecule has 0 aliphatic carbocycles. The van der Waals surface area contributed by atoms with Gasteiger partial charge in [0, 0.05) is 19.6 Å². The zero-order valence-corrected chi connectivity index (χ0v) is 17.9. The number of hydrogen-bond donors (Lipinski definition) is 1. The van der Waals surface area contributed by atoms with Crippen LogP contribution < -0.4 is 10.1 Å². The first-order chi connectivity index (χ1) is 15.7. The molecular formula is C27H26N2O3. The number of carbonyl (C=O) groups excluding carboxylic acids is 2. The minimum atomic E-state index is -0.231. The van der Waals surface area contributed by atoms with Gasteiger partial charge in [-0.05, 0) is 35.3 Å². The van der Waals surface area contributed by atoms with Crippen LogP contribution in [0.1, 0.15) is 27.9 Å². The maximum Gasteiger partial charge on any atom is 0.260 e. The Morgan fingerprint density at radius 1 is 0.875 bits per heavy atom. The predicted octanol–water partition coefficient (Wildman–Crippen LogP) is 4.31. The molecule has 1 aliphatic heterocycles. The van der Waals surface area contributed by atoms with Crippen LogP contribution in [-0.2, 0) is 11.3 Å². The van der Waals surface area contributed by atoms with Crippen molar-refractivity contribution in [3.8, 4) is 5.75 Å². The van der Waals surface area contributed by atoms with E-state index >= 15 is 0 Å². The molecule has 0 fully saturated rings. The lowest BCUT2D eigenvalue weighted by Gasteiger charge is -2.26. The molecule has 1 N–H and O–H groups in total. The Kier molecular flexibility index (Phi) is 6.98. The lowest BCUT2D eigenvalue weighted by Crippen LogP contribution is -2.38. The summed E-state index contributed by atoms with van der Waals surface area (Å²) in [5.41, 5.74) is 3.89. The summed E-state index contributed by atoms with van der Waals surface area (Å²) >= 11 is 0. The molecule has 0 saturated heterocycles. The normalized spacial score (nSPS) is 13.2. The summed E-state index contributed by atoms with van der Waals surface area (Å²) in [6, 6.07) is 26.9. The van der Waals surface area contributed by atoms with Crippen LogP contribution in [0.4, 0.5) is 0 Å². The third kappa shape index (κ3) is 5.43. The molecule has 0 radical (unpaired) electrons. The van der Waals surface area contributed by atoms with Crippen LogP contribution in [0.25, 0.3) is 5.57 Å². The molecule has 0 atom stereocenters. The summed E-state index contributed by atoms with van der Waals surface area (Å²) in [6.07, 6.45) is 2.91. The van der Waals surface area contributed by atoms with Gasteiger partial charge in [0.1, 0.15) is 5.75 Å². The van der Waals surface area contributed by atoms with Crippen LogP contribution in [0.5, 0.6) is 5.75 Å². The van der Waals surface area contributed by atoms with E-state index in [4.69, 9.17) is 4.74 Å². The van der Waals surface area contributed by atoms with E-state index in [-0.39, 0.29) is 18.4 Å². The second-order valence-corrected chi connectivity index (χ2v) is 7.64. The molecule has 0 aromatic heterocycles. The Morgan fingerprint density at radius 2 is 1.56 bits per heavy atom. The Labute approximate surface area is 188 Å². The van der Waals surface area contributed by atoms with E-state index in [0.29, 0.717) is 30.9 Å². The summed E-state index contributed by atoms with van der Waals surface area (Å²) in [5, 5.41) is 2.91. The van der Waals surface area contributed by atoms with Gasteiger partial charge in [0.05, 0.1) is 5.56 Å². The van der Waals surface area contributed by atoms with Gasteiger partial charge >= 0.3 is 0 Å². The number of hydrogen-bond acceptors (Lipinski definition) is 3. The molecule has 0 bridgehead atoms. The van der Waals surface area contributed by atoms with E-state index in [1.54, 1.807) is 29.2 Å². The number of nitrogens with one attached hydrogen (secondary N) is 1. The van der Waals surface area contributed by atoms with Crippen molar-refractivity contribution in [2.24, 2.45) is 0 Å². The third-order valence-corrected chi connectivity index (χ3v) is 5.49. The van der Waals surface area contributed by atoms with Crippen LogP contribution in [0.15, 0.2) is 91.0 Å². The molecular weight excluding hydrogens is 400 g/mol. The number of nitrogens with zero attached hydrogens (tertiary/aromatic N) is 1. The van der Waals surface area contributed by atoms with E-state index in [1.165, 1.54) is 11.1 Å². The minimum Gasteiger partial charge on any atom is -0.483 e. The van der Waals surface area contributed by atoms with Crippen LogP contribution in [0.2, 0.25) is 0 Å². The fraction of sp³-hybridized carbons (Fsp3) is 0.185. The standard InChI is InChI=1S/C27H26N2O3/c30-26(29-17-15-23(16-18-29)22-11-5-2-6-12-22)20-32-25-14-8-7-13-24(25)27(31)28-19-21-9-3-1-4-10-21/h1-15H,16-20H2,(H,28,31). The highest BCUT2D eigenvalue weighted by molar-refractivity contribution is 5.97. The van der Waals surface area contributed by atoms with Crippen molar-refractivity contribution in [1.82, 2.24) is 10.2 Å². The largest absolute Gasteiger partial charge is 0.483 e. The van der Waals surface area contributed by atoms with E-state index in [9.17, 15) is 9.59 Å². The molecule has 1 heterocycles. The minimum absolute atomic E-state index is 0.0899. The maximum atomic E-state index is 12.7. The second kappa shape index (κ2) is 10.4. The first kappa shape index (κ1) is 21.4. The summed E-state index contributed by atoms with van der Waals surface area (Å²) < 4.78 is 5.76. The Balaban J connectivity index is 1.32. The van der Waals surface area contributed by atoms with Gasteiger partial charge in [-0.2, -0.15) is 0 Å². The quantitative estimate of drug-likeness (QED) is 0.612. The monoisotopic (exact) mass is 426 g/mol. The highest BCUT2D eigenvalue weighted by Gasteiger charge is 2.19. The van der Waals surface area contributed by atoms with Crippen molar-refractivity contribution >= 4 is 17.4 Å². The molecule has 0 spiro atoms. The van der Waals surface area contributed by atoms with Gasteiger partial charge in [0.25, 0.3) is 11.8 Å². The van der Waals surface area contributed by atoms with Gasteiger partial charge in [0.15, 0.2) is 6.61 Å². The summed E-state index contributed by atoms with van der Waals surface area (Å²) in [4.78, 5) is 27.1. The molecule has 32 heavy (non-hydrogen) atoms. The SMILES string of the molecule is O=C(NCc1ccccc1)c1ccccc1OCC(=O)N1CC=C(c2ccccc2)CC1. The first-order valence-electron chi connectivity index (χ1n) is 10.8. The van der Waals surface area contributed by atoms with Gasteiger partial charge in [-0.3, -0.25) is 9.59 Å². The smallest absolute Gasteiger partial charge is 0.260 e. The van der Waals surface area contributed by atoms with E-state index in [2.05, 4.69) is 23.5 Å². The van der Waals surface area contributed by atoms with Crippen LogP contribution in [0.3, 0.4) is 0 Å². The molecule has 1 aliphatic rings. The van der Waals surface area contributed by atoms with Gasteiger partial charge < -0.3 is 15.0 Å². The zero-order chi connectivity index (χ0) is 22.2. The van der Waals surface area contributed by atoms with Crippen molar-refractivity contribution in [3.05, 3.63) is 108 Å². The van der Waals surface area contributed by atoms with Crippen molar-refractivity contribution in [1.29, 1.82) is 0 Å². The van der Waals surface area contributed by atoms with Crippen molar-refractivity contribution < 1.29 is 14.3 Å². The average molecular weight is 427 g/mol. The molecule has 5 heteroatoms. The summed E-state index contributed by atoms with van der Waals surface area (Å²) in [6.45, 7) is 1.54. The molecule has 5 nitrogen and oxygen atoms in total. The molecule has 0 saturated carbocycles. The lowest BCUT2D eigenvalue weighted by molar-refractivity contribution is -0.132. The Morgan fingerprint density at radius 3 is 2.28 bits per heavy atom. The average Bonchev–Trinajstić information content (AvgIpc) is 2.87. The lowest BCUT2D eigenvalue weighted by atomic mass is 10.00. The summed E-state index contributed by atoms with van der Waals surface area (Å²) in [7, 11) is 0. The fourth-order valence-corrected chi connectivity index (χ4v) is 3.69. The number of ether oxygens (including phenoxy) is 1. The van der Waals surface area contributed by atoms with Crippen molar-refractivity contribution in [3.63, 3.8) is 0 Å². The maximum absolute atomic E-state index is 12.7. The Hall–Kier alpha value is -3.86. The van der Waals surface area contributed by atoms with Crippen LogP contribution in [-0.4, -0.2) is 36.4 Å². The first-order valence-corrected chi connectivity index (χ1v) is 10.8. The third-order valence-electron chi connectivity index (χ3n) is 5.49. The van der Waals surface area contributed by atoms with Crippen molar-refractivity contribution in [2.75, 3.05) is 19.7 Å². The molecule has 3 aromatic carbocycles. The zero-order valence-electron chi connectivity index (χ0n) is 17.9. The molecule has 162 valence electrons. The van der Waals surface area contributed by atoms with Crippen molar-refractivity contribution in [2.45, 2.75) is 13.0 Å². The second-order valence-electron chi connectivity index (χ2n) is 7.64. The number of para-hydroxylation sites is 1. The van der Waals surface area contributed by atoms with Gasteiger partial charge in [0.2, 0.25) is 0 Å². The van der Waals surface area contributed by atoms with Gasteiger partial charge in [-0.15, -0.1) is 0 Å². The van der Waals surface area contributed by atoms with E-state index < -0.39 is 0 Å². The number of benzene rings is 3. The highest BCUT2D eigenvalue weighted by atomic mass is 16.5. The topological polar surface area (TPSA) is 58.6 Å². The Bertz CT molecular complexity index is 1090. The van der Waals surface area contributed by atoms with Crippen LogP contribution >= 0.6 is 0 Å². The predicted molar refractivity (Wildman–Crippen MR) is 125 cm³/mol.